The number of terminal acetylenes is 1. The van der Waals surface area contributed by atoms with Crippen molar-refractivity contribution in [3.8, 4) is 24.3 Å². The number of hydrogen-bond donors (Lipinski definition) is 0. The molecule has 0 aliphatic heterocycles. The predicted octanol–water partition coefficient (Wildman–Crippen LogP) is 4.63. The molecular weight excluding hydrogens is 354 g/mol. The van der Waals surface area contributed by atoms with Gasteiger partial charge in [0.25, 0.3) is 10.0 Å². The zero-order valence-corrected chi connectivity index (χ0v) is 16.1. The predicted molar refractivity (Wildman–Crippen MR) is 110 cm³/mol. The van der Waals surface area contributed by atoms with Crippen molar-refractivity contribution in [1.29, 1.82) is 0 Å². The van der Waals surface area contributed by atoms with Crippen LogP contribution in [0.1, 0.15) is 36.8 Å². The SMILES string of the molecule is C#Cc1ccccc1N(C#CC1=CCCCC1)S(=O)(=O)c1ccc(C)cc1. The molecule has 27 heavy (non-hydrogen) atoms. The number of allylic oxidation sites excluding steroid dienone is 2. The molecule has 0 spiro atoms. The molecule has 0 saturated heterocycles. The zero-order valence-electron chi connectivity index (χ0n) is 15.3. The summed E-state index contributed by atoms with van der Waals surface area (Å²) in [6.07, 6.45) is 11.8. The summed E-state index contributed by atoms with van der Waals surface area (Å²) in [5.74, 6) is 5.61. The first kappa shape index (κ1) is 18.8. The Morgan fingerprint density at radius 2 is 1.78 bits per heavy atom. The van der Waals surface area contributed by atoms with Crippen molar-refractivity contribution >= 4 is 15.7 Å². The van der Waals surface area contributed by atoms with Crippen LogP contribution in [0.4, 0.5) is 5.69 Å². The van der Waals surface area contributed by atoms with E-state index in [9.17, 15) is 8.42 Å². The van der Waals surface area contributed by atoms with Crippen molar-refractivity contribution in [3.05, 3.63) is 71.3 Å². The third-order valence-electron chi connectivity index (χ3n) is 4.45. The van der Waals surface area contributed by atoms with Gasteiger partial charge in [-0.05, 0) is 68.4 Å². The lowest BCUT2D eigenvalue weighted by atomic mass is 10.0. The highest BCUT2D eigenvalue weighted by molar-refractivity contribution is 7.93. The molecule has 0 unspecified atom stereocenters. The van der Waals surface area contributed by atoms with Crippen molar-refractivity contribution in [3.63, 3.8) is 0 Å². The number of benzene rings is 2. The molecule has 0 aromatic heterocycles. The molecule has 0 atom stereocenters. The van der Waals surface area contributed by atoms with Gasteiger partial charge in [-0.2, -0.15) is 4.31 Å². The molecule has 0 saturated carbocycles. The average Bonchev–Trinajstić information content (AvgIpc) is 2.69. The summed E-state index contributed by atoms with van der Waals surface area (Å²) < 4.78 is 27.8. The van der Waals surface area contributed by atoms with E-state index < -0.39 is 10.0 Å². The molecule has 0 bridgehead atoms. The fourth-order valence-electron chi connectivity index (χ4n) is 2.91. The van der Waals surface area contributed by atoms with Crippen molar-refractivity contribution in [2.75, 3.05) is 4.31 Å². The second-order valence-electron chi connectivity index (χ2n) is 6.46. The quantitative estimate of drug-likeness (QED) is 0.579. The molecule has 4 heteroatoms. The van der Waals surface area contributed by atoms with Crippen molar-refractivity contribution in [2.45, 2.75) is 37.5 Å². The van der Waals surface area contributed by atoms with Gasteiger partial charge in [0.2, 0.25) is 0 Å². The number of sulfonamides is 1. The average molecular weight is 375 g/mol. The standard InChI is InChI=1S/C23H21NO2S/c1-3-21-11-7-8-12-23(21)24(18-17-20-9-5-4-6-10-20)27(25,26)22-15-13-19(2)14-16-22/h1,7-9,11-16H,4-6,10H2,2H3. The van der Waals surface area contributed by atoms with Crippen LogP contribution in [0.2, 0.25) is 0 Å². The Balaban J connectivity index is 2.12. The minimum absolute atomic E-state index is 0.187. The Hall–Kier alpha value is -2.95. The van der Waals surface area contributed by atoms with Gasteiger partial charge in [0.05, 0.1) is 10.6 Å². The van der Waals surface area contributed by atoms with Crippen molar-refractivity contribution < 1.29 is 8.42 Å². The lowest BCUT2D eigenvalue weighted by Crippen LogP contribution is -2.27. The van der Waals surface area contributed by atoms with Crippen molar-refractivity contribution in [1.82, 2.24) is 0 Å². The molecule has 3 rings (SSSR count). The van der Waals surface area contributed by atoms with Crippen LogP contribution >= 0.6 is 0 Å². The molecule has 2 aromatic rings. The van der Waals surface area contributed by atoms with Crippen LogP contribution < -0.4 is 4.31 Å². The third kappa shape index (κ3) is 4.25. The molecular formula is C23H21NO2S. The van der Waals surface area contributed by atoms with E-state index in [1.54, 1.807) is 48.5 Å². The van der Waals surface area contributed by atoms with Gasteiger partial charge in [0, 0.05) is 11.6 Å². The number of rotatable bonds is 3. The molecule has 0 fully saturated rings. The molecule has 1 aliphatic carbocycles. The highest BCUT2D eigenvalue weighted by atomic mass is 32.2. The lowest BCUT2D eigenvalue weighted by molar-refractivity contribution is 0.596. The molecule has 0 amide bonds. The number of aryl methyl sites for hydroxylation is 1. The molecule has 2 aromatic carbocycles. The van der Waals surface area contributed by atoms with Crippen LogP contribution in [0.5, 0.6) is 0 Å². The summed E-state index contributed by atoms with van der Waals surface area (Å²) in [6.45, 7) is 1.91. The van der Waals surface area contributed by atoms with E-state index in [4.69, 9.17) is 6.42 Å². The van der Waals surface area contributed by atoms with Gasteiger partial charge in [-0.1, -0.05) is 41.8 Å². The van der Waals surface area contributed by atoms with E-state index in [0.717, 1.165) is 41.1 Å². The largest absolute Gasteiger partial charge is 0.275 e. The Kier molecular flexibility index (Phi) is 5.69. The molecule has 3 nitrogen and oxygen atoms in total. The smallest absolute Gasteiger partial charge is 0.200 e. The molecule has 1 aliphatic rings. The normalized spacial score (nSPS) is 13.7. The molecule has 136 valence electrons. The summed E-state index contributed by atoms with van der Waals surface area (Å²) in [4.78, 5) is 0.187. The first-order valence-electron chi connectivity index (χ1n) is 8.91. The van der Waals surface area contributed by atoms with Gasteiger partial charge in [-0.25, -0.2) is 8.42 Å². The Morgan fingerprint density at radius 1 is 1.04 bits per heavy atom. The maximum Gasteiger partial charge on any atom is 0.275 e. The second kappa shape index (κ2) is 8.16. The van der Waals surface area contributed by atoms with E-state index in [1.165, 1.54) is 0 Å². The molecule has 0 N–H and O–H groups in total. The van der Waals surface area contributed by atoms with E-state index in [1.807, 2.05) is 6.92 Å². The first-order chi connectivity index (χ1) is 13.0. The monoisotopic (exact) mass is 375 g/mol. The van der Waals surface area contributed by atoms with Crippen LogP contribution in [0.3, 0.4) is 0 Å². The maximum absolute atomic E-state index is 13.3. The second-order valence-corrected chi connectivity index (χ2v) is 8.24. The van der Waals surface area contributed by atoms with Crippen LogP contribution in [0.25, 0.3) is 0 Å². The van der Waals surface area contributed by atoms with Gasteiger partial charge in [0.15, 0.2) is 0 Å². The number of nitrogens with zero attached hydrogens (tertiary/aromatic N) is 1. The number of anilines is 1. The van der Waals surface area contributed by atoms with Crippen molar-refractivity contribution in [2.24, 2.45) is 0 Å². The summed E-state index contributed by atoms with van der Waals surface area (Å²) in [5.41, 5.74) is 2.84. The fourth-order valence-corrected chi connectivity index (χ4v) is 4.19. The fraction of sp³-hybridized carbons (Fsp3) is 0.217. The van der Waals surface area contributed by atoms with Crippen LogP contribution in [0.15, 0.2) is 65.1 Å². The first-order valence-corrected chi connectivity index (χ1v) is 10.3. The highest BCUT2D eigenvalue weighted by Gasteiger charge is 2.25. The van der Waals surface area contributed by atoms with Crippen LogP contribution in [-0.4, -0.2) is 8.42 Å². The van der Waals surface area contributed by atoms with Crippen LogP contribution in [-0.2, 0) is 10.0 Å². The topological polar surface area (TPSA) is 37.4 Å². The van der Waals surface area contributed by atoms with E-state index in [2.05, 4.69) is 24.0 Å². The maximum atomic E-state index is 13.3. The summed E-state index contributed by atoms with van der Waals surface area (Å²) in [5, 5.41) is 0. The Bertz CT molecular complexity index is 1060. The lowest BCUT2D eigenvalue weighted by Gasteiger charge is -2.20. The highest BCUT2D eigenvalue weighted by Crippen LogP contribution is 2.27. The summed E-state index contributed by atoms with van der Waals surface area (Å²) >= 11 is 0. The Labute approximate surface area is 161 Å². The minimum Gasteiger partial charge on any atom is -0.200 e. The molecule has 0 heterocycles. The minimum atomic E-state index is -3.87. The summed E-state index contributed by atoms with van der Waals surface area (Å²) in [6, 6.07) is 16.5. The van der Waals surface area contributed by atoms with E-state index >= 15 is 0 Å². The van der Waals surface area contributed by atoms with Crippen LogP contribution in [0, 0.1) is 31.2 Å². The van der Waals surface area contributed by atoms with E-state index in [0.29, 0.717) is 11.3 Å². The Morgan fingerprint density at radius 3 is 2.44 bits per heavy atom. The summed E-state index contributed by atoms with van der Waals surface area (Å²) in [7, 11) is -3.87. The third-order valence-corrected chi connectivity index (χ3v) is 6.08. The zero-order chi connectivity index (χ0) is 19.3. The van der Waals surface area contributed by atoms with Gasteiger partial charge >= 0.3 is 0 Å². The van der Waals surface area contributed by atoms with E-state index in [-0.39, 0.29) is 4.90 Å². The van der Waals surface area contributed by atoms with Gasteiger partial charge in [-0.3, -0.25) is 0 Å². The van der Waals surface area contributed by atoms with Gasteiger partial charge in [0.1, 0.15) is 0 Å². The van der Waals surface area contributed by atoms with Gasteiger partial charge < -0.3 is 0 Å². The number of hydrogen-bond acceptors (Lipinski definition) is 2. The number of para-hydroxylation sites is 1. The van der Waals surface area contributed by atoms with Gasteiger partial charge in [-0.15, -0.1) is 6.42 Å². The molecule has 0 radical (unpaired) electrons.